The quantitative estimate of drug-likeness (QED) is 0.522. The van der Waals surface area contributed by atoms with Crippen molar-refractivity contribution in [1.29, 1.82) is 0 Å². The molecule has 0 heterocycles. The Morgan fingerprint density at radius 2 is 1.88 bits per heavy atom. The predicted molar refractivity (Wildman–Crippen MR) is 99.3 cm³/mol. The van der Waals surface area contributed by atoms with Gasteiger partial charge in [0.05, 0.1) is 6.10 Å². The lowest BCUT2D eigenvalue weighted by Gasteiger charge is -2.58. The minimum absolute atomic E-state index is 0.145. The van der Waals surface area contributed by atoms with Crippen molar-refractivity contribution in [3.63, 3.8) is 0 Å². The Morgan fingerprint density at radius 1 is 1.12 bits per heavy atom. The molecule has 0 aromatic rings. The number of hydrogen-bond acceptors (Lipinski definition) is 2. The van der Waals surface area contributed by atoms with E-state index in [-0.39, 0.29) is 16.9 Å². The molecule has 0 spiro atoms. The van der Waals surface area contributed by atoms with Crippen LogP contribution < -0.4 is 0 Å². The first-order valence-electron chi connectivity index (χ1n) is 9.92. The topological polar surface area (TPSA) is 40.5 Å². The van der Waals surface area contributed by atoms with Crippen molar-refractivity contribution in [3.8, 4) is 24.2 Å². The number of aliphatic hydroxyl groups excluding tert-OH is 1. The Labute approximate surface area is 152 Å². The Kier molecular flexibility index (Phi) is 3.88. The van der Waals surface area contributed by atoms with Crippen LogP contribution in [0.2, 0.25) is 0 Å². The zero-order valence-corrected chi connectivity index (χ0v) is 15.5. The van der Waals surface area contributed by atoms with E-state index < -0.39 is 5.60 Å². The summed E-state index contributed by atoms with van der Waals surface area (Å²) in [4.78, 5) is 0. The second-order valence-corrected chi connectivity index (χ2v) is 9.41. The highest BCUT2D eigenvalue weighted by atomic mass is 16.3. The third-order valence-corrected chi connectivity index (χ3v) is 8.57. The van der Waals surface area contributed by atoms with Gasteiger partial charge in [-0.3, -0.25) is 0 Å². The van der Waals surface area contributed by atoms with Crippen LogP contribution in [0.1, 0.15) is 65.2 Å². The molecule has 0 radical (unpaired) electrons. The molecule has 0 aliphatic heterocycles. The molecule has 2 nitrogen and oxygen atoms in total. The van der Waals surface area contributed by atoms with Gasteiger partial charge in [-0.2, -0.15) is 0 Å². The van der Waals surface area contributed by atoms with Crippen LogP contribution in [0, 0.1) is 52.8 Å². The number of rotatable bonds is 0. The summed E-state index contributed by atoms with van der Waals surface area (Å²) in [7, 11) is 0. The maximum absolute atomic E-state index is 11.3. The third kappa shape index (κ3) is 2.27. The van der Waals surface area contributed by atoms with Crippen LogP contribution in [0.4, 0.5) is 0 Å². The number of allylic oxidation sites excluding steroid dienone is 1. The molecule has 25 heavy (non-hydrogen) atoms. The largest absolute Gasteiger partial charge is 0.393 e. The summed E-state index contributed by atoms with van der Waals surface area (Å²) < 4.78 is 0. The van der Waals surface area contributed by atoms with E-state index in [9.17, 15) is 10.2 Å². The molecule has 4 rings (SSSR count). The van der Waals surface area contributed by atoms with Gasteiger partial charge >= 0.3 is 0 Å². The summed E-state index contributed by atoms with van der Waals surface area (Å²) in [5.41, 5.74) is 0.669. The van der Waals surface area contributed by atoms with E-state index in [0.717, 1.165) is 51.4 Å². The summed E-state index contributed by atoms with van der Waals surface area (Å²) >= 11 is 0. The van der Waals surface area contributed by atoms with Gasteiger partial charge in [0.2, 0.25) is 0 Å². The second-order valence-electron chi connectivity index (χ2n) is 9.41. The van der Waals surface area contributed by atoms with Gasteiger partial charge in [-0.25, -0.2) is 0 Å². The molecule has 4 aliphatic rings. The van der Waals surface area contributed by atoms with Crippen LogP contribution in [0.15, 0.2) is 11.6 Å². The van der Waals surface area contributed by atoms with Crippen LogP contribution in [0.5, 0.6) is 0 Å². The summed E-state index contributed by atoms with van der Waals surface area (Å²) in [5, 5.41) is 21.4. The van der Waals surface area contributed by atoms with E-state index in [0.29, 0.717) is 17.8 Å². The molecule has 4 aliphatic carbocycles. The van der Waals surface area contributed by atoms with E-state index >= 15 is 0 Å². The number of fused-ring (bicyclic) bond motifs is 5. The van der Waals surface area contributed by atoms with Gasteiger partial charge in [0, 0.05) is 5.41 Å². The van der Waals surface area contributed by atoms with Crippen molar-refractivity contribution in [2.24, 2.45) is 28.6 Å². The molecule has 0 bridgehead atoms. The zero-order chi connectivity index (χ0) is 17.9. The lowest BCUT2D eigenvalue weighted by Crippen LogP contribution is -2.54. The van der Waals surface area contributed by atoms with Crippen LogP contribution >= 0.6 is 0 Å². The average molecular weight is 338 g/mol. The lowest BCUT2D eigenvalue weighted by molar-refractivity contribution is -0.0970. The fourth-order valence-electron chi connectivity index (χ4n) is 7.00. The summed E-state index contributed by atoms with van der Waals surface area (Å²) in [6.07, 6.45) is 15.6. The van der Waals surface area contributed by atoms with Gasteiger partial charge in [0.25, 0.3) is 0 Å². The number of hydrogen-bond donors (Lipinski definition) is 2. The summed E-state index contributed by atoms with van der Waals surface area (Å²) in [6.45, 7) is 4.68. The van der Waals surface area contributed by atoms with E-state index in [1.165, 1.54) is 5.57 Å². The molecule has 2 N–H and O–H groups in total. The van der Waals surface area contributed by atoms with Crippen molar-refractivity contribution in [2.45, 2.75) is 76.9 Å². The number of aliphatic hydroxyl groups is 2. The fraction of sp³-hybridized carbons (Fsp3) is 0.739. The van der Waals surface area contributed by atoms with Crippen LogP contribution in [0.25, 0.3) is 0 Å². The Bertz CT molecular complexity index is 704. The lowest BCUT2D eigenvalue weighted by atomic mass is 9.47. The van der Waals surface area contributed by atoms with Crippen LogP contribution in [-0.4, -0.2) is 21.9 Å². The van der Waals surface area contributed by atoms with Crippen LogP contribution in [-0.2, 0) is 0 Å². The monoisotopic (exact) mass is 338 g/mol. The van der Waals surface area contributed by atoms with Crippen molar-refractivity contribution in [1.82, 2.24) is 0 Å². The molecular formula is C23H30O2. The molecule has 0 unspecified atom stereocenters. The molecule has 0 saturated heterocycles. The molecule has 0 aromatic carbocycles. The zero-order valence-electron chi connectivity index (χ0n) is 15.5. The fourth-order valence-corrected chi connectivity index (χ4v) is 7.00. The Morgan fingerprint density at radius 3 is 2.64 bits per heavy atom. The van der Waals surface area contributed by atoms with Crippen molar-refractivity contribution in [2.75, 3.05) is 0 Å². The van der Waals surface area contributed by atoms with E-state index in [1.54, 1.807) is 0 Å². The smallest absolute Gasteiger partial charge is 0.132 e. The Balaban J connectivity index is 1.68. The second kappa shape index (κ2) is 5.64. The highest BCUT2D eigenvalue weighted by molar-refractivity contribution is 5.33. The molecule has 0 amide bonds. The standard InChI is InChI=1S/C23H30O2/c1-4-5-11-23(25)14-10-20-18-7-6-16-15-17(24)8-12-21(16,2)19(18)9-13-22(20,23)3/h1,6,17-20,24-25H,7-10,12-15H2,2-3H3/t17-,18+,19-,20-,21-,22-,23-/m0/s1. The highest BCUT2D eigenvalue weighted by Gasteiger charge is 2.63. The maximum Gasteiger partial charge on any atom is 0.132 e. The van der Waals surface area contributed by atoms with Crippen LogP contribution in [0.3, 0.4) is 0 Å². The average Bonchev–Trinajstić information content (AvgIpc) is 2.85. The molecule has 0 aromatic heterocycles. The first-order chi connectivity index (χ1) is 11.8. The SMILES string of the molecule is C#CC#C[C@]1(O)CC[C@H]2[C@@H]3CC=C4C[C@@H](O)CC[C@]4(C)[C@H]3CC[C@@]21C. The molecule has 3 fully saturated rings. The molecule has 134 valence electrons. The molecular weight excluding hydrogens is 308 g/mol. The van der Waals surface area contributed by atoms with E-state index in [1.807, 2.05) is 0 Å². The van der Waals surface area contributed by atoms with Gasteiger partial charge in [-0.05, 0) is 86.4 Å². The third-order valence-electron chi connectivity index (χ3n) is 8.57. The molecule has 2 heteroatoms. The van der Waals surface area contributed by atoms with Gasteiger partial charge in [0.1, 0.15) is 5.60 Å². The highest BCUT2D eigenvalue weighted by Crippen LogP contribution is 2.67. The molecule has 3 saturated carbocycles. The van der Waals surface area contributed by atoms with Crippen molar-refractivity contribution >= 4 is 0 Å². The first-order valence-corrected chi connectivity index (χ1v) is 9.92. The first kappa shape index (κ1) is 17.2. The van der Waals surface area contributed by atoms with E-state index in [4.69, 9.17) is 6.42 Å². The summed E-state index contributed by atoms with van der Waals surface area (Å²) in [6, 6.07) is 0. The summed E-state index contributed by atoms with van der Waals surface area (Å²) in [5.74, 6) is 9.95. The van der Waals surface area contributed by atoms with Gasteiger partial charge in [-0.15, -0.1) is 6.42 Å². The van der Waals surface area contributed by atoms with Gasteiger partial charge in [-0.1, -0.05) is 31.4 Å². The Hall–Kier alpha value is -1.22. The number of terminal acetylenes is 1. The minimum atomic E-state index is -0.928. The van der Waals surface area contributed by atoms with Crippen molar-refractivity contribution in [3.05, 3.63) is 11.6 Å². The van der Waals surface area contributed by atoms with Crippen molar-refractivity contribution < 1.29 is 10.2 Å². The molecule has 7 atom stereocenters. The van der Waals surface area contributed by atoms with E-state index in [2.05, 4.69) is 37.7 Å². The predicted octanol–water partition coefficient (Wildman–Crippen LogP) is 3.68. The maximum atomic E-state index is 11.3. The van der Waals surface area contributed by atoms with Gasteiger partial charge in [0.15, 0.2) is 0 Å². The normalized spacial score (nSPS) is 51.1. The minimum Gasteiger partial charge on any atom is -0.393 e. The van der Waals surface area contributed by atoms with Gasteiger partial charge < -0.3 is 10.2 Å².